The van der Waals surface area contributed by atoms with Crippen LogP contribution in [0.3, 0.4) is 0 Å². The van der Waals surface area contributed by atoms with E-state index in [1.165, 1.54) is 64.5 Å². The highest BCUT2D eigenvalue weighted by atomic mass is 35.5. The number of ether oxygens (including phenoxy) is 6. The van der Waals surface area contributed by atoms with E-state index in [9.17, 15) is 69.6 Å². The standard InChI is InChI=1S/2C27H29NO10.2ClH/c2*1-10-22(30)14(28)7-17(37-10)38-16-9-27(35,11(2)29)8-13-19(16)26(34)21-20(24(13)32)23(31)12-5-4-6-15(36-3)18(12)25(21)33;;/h2*4-6,10,14,16-17,22,30,32,34-35H,7-9,28H2,1-3H3;2*1H/t2*10?,14?,16-,17?,22?,27-;;/m00../s1. The number of carbonyl (C=O) groups excluding carboxylic acids is 6. The van der Waals surface area contributed by atoms with Crippen molar-refractivity contribution < 1.29 is 98.0 Å². The summed E-state index contributed by atoms with van der Waals surface area (Å²) in [5.41, 5.74) is 5.95. The van der Waals surface area contributed by atoms with Gasteiger partial charge in [0, 0.05) is 84.0 Å². The Kier molecular flexibility index (Phi) is 16.7. The molecule has 4 aliphatic carbocycles. The summed E-state index contributed by atoms with van der Waals surface area (Å²) in [5.74, 6) is -6.35. The van der Waals surface area contributed by atoms with Gasteiger partial charge in [-0.3, -0.25) is 28.8 Å². The molecule has 8 unspecified atom stereocenters. The van der Waals surface area contributed by atoms with Gasteiger partial charge in [-0.15, -0.1) is 24.8 Å². The summed E-state index contributed by atoms with van der Waals surface area (Å²) in [6.07, 6.45) is -9.06. The van der Waals surface area contributed by atoms with E-state index in [1.807, 2.05) is 0 Å². The van der Waals surface area contributed by atoms with Gasteiger partial charge in [0.05, 0.1) is 84.2 Å². The lowest BCUT2D eigenvalue weighted by molar-refractivity contribution is -0.247. The third-order valence-electron chi connectivity index (χ3n) is 15.6. The van der Waals surface area contributed by atoms with Crippen molar-refractivity contribution >= 4 is 59.5 Å². The number of halogens is 2. The van der Waals surface area contributed by atoms with Crippen LogP contribution < -0.4 is 20.9 Å². The molecule has 2 saturated heterocycles. The lowest BCUT2D eigenvalue weighted by Gasteiger charge is -2.42. The van der Waals surface area contributed by atoms with Crippen molar-refractivity contribution in [2.24, 2.45) is 11.5 Å². The highest BCUT2D eigenvalue weighted by Crippen LogP contribution is 2.55. The van der Waals surface area contributed by atoms with Crippen LogP contribution in [0.4, 0.5) is 0 Å². The number of rotatable bonds is 8. The van der Waals surface area contributed by atoms with E-state index in [0.717, 1.165) is 0 Å². The molecule has 78 heavy (non-hydrogen) atoms. The largest absolute Gasteiger partial charge is 0.507 e. The molecule has 2 aliphatic heterocycles. The van der Waals surface area contributed by atoms with Gasteiger partial charge in [0.15, 0.2) is 35.7 Å². The average molecular weight is 1130 g/mol. The molecule has 0 spiro atoms. The number of fused-ring (bicyclic) bond motifs is 6. The number of Topliss-reactive ketones (excluding diaryl/α,β-unsaturated/α-hetero) is 2. The third kappa shape index (κ3) is 9.60. The van der Waals surface area contributed by atoms with Crippen LogP contribution in [0.5, 0.6) is 34.5 Å². The number of methoxy groups -OCH3 is 2. The Bertz CT molecular complexity index is 2940. The first-order valence-corrected chi connectivity index (χ1v) is 24.5. The molecule has 4 aromatic carbocycles. The van der Waals surface area contributed by atoms with Crippen LogP contribution >= 0.6 is 24.8 Å². The molecule has 12 N–H and O–H groups in total. The van der Waals surface area contributed by atoms with Gasteiger partial charge in [-0.05, 0) is 39.8 Å². The van der Waals surface area contributed by atoms with Crippen LogP contribution in [0, 0.1) is 0 Å². The normalized spacial score (nSPS) is 29.5. The van der Waals surface area contributed by atoms with E-state index < -0.39 is 165 Å². The van der Waals surface area contributed by atoms with Gasteiger partial charge in [0.1, 0.15) is 45.7 Å². The maximum Gasteiger partial charge on any atom is 0.202 e. The Morgan fingerprint density at radius 2 is 0.897 bits per heavy atom. The predicted octanol–water partition coefficient (Wildman–Crippen LogP) is 2.90. The van der Waals surface area contributed by atoms with Crippen LogP contribution in [0.25, 0.3) is 0 Å². The number of aliphatic hydroxyl groups is 4. The van der Waals surface area contributed by atoms with Gasteiger partial charge in [-0.25, -0.2) is 0 Å². The molecule has 2 heterocycles. The fourth-order valence-electron chi connectivity index (χ4n) is 11.3. The molecule has 0 amide bonds. The Morgan fingerprint density at radius 1 is 0.564 bits per heavy atom. The SMILES string of the molecule is COc1cccc2c1C(=O)c1c(O)c3c(c(O)c1C2=O)C[C@@](O)(C(C)=O)C[C@@H]3OC1CC(N)C(O)C(C)O1.COc1cccc2c1C(=O)c1c(O)c3c(c(O)c1C2=O)C[C@@](O)(C(C)=O)C[C@@H]3OC1CC(N)C(O)C(C)O1.Cl.Cl. The van der Waals surface area contributed by atoms with Crippen molar-refractivity contribution in [3.63, 3.8) is 0 Å². The number of hydrogen-bond acceptors (Lipinski definition) is 22. The van der Waals surface area contributed by atoms with Crippen LogP contribution in [-0.2, 0) is 41.4 Å². The van der Waals surface area contributed by atoms with Crippen molar-refractivity contribution in [3.8, 4) is 34.5 Å². The molecule has 12 atom stereocenters. The van der Waals surface area contributed by atoms with Gasteiger partial charge in [-0.2, -0.15) is 0 Å². The molecule has 4 aromatic rings. The zero-order valence-corrected chi connectivity index (χ0v) is 44.6. The molecule has 0 radical (unpaired) electrons. The minimum absolute atomic E-state index is 0. The van der Waals surface area contributed by atoms with Crippen LogP contribution in [0.2, 0.25) is 0 Å². The summed E-state index contributed by atoms with van der Waals surface area (Å²) >= 11 is 0. The van der Waals surface area contributed by atoms with E-state index >= 15 is 0 Å². The van der Waals surface area contributed by atoms with Crippen molar-refractivity contribution in [3.05, 3.63) is 103 Å². The third-order valence-corrected chi connectivity index (χ3v) is 15.6. The average Bonchev–Trinajstić information content (AvgIpc) is 3.38. The summed E-state index contributed by atoms with van der Waals surface area (Å²) in [4.78, 5) is 79.2. The van der Waals surface area contributed by atoms with Gasteiger partial charge in [0.25, 0.3) is 0 Å². The van der Waals surface area contributed by atoms with Gasteiger partial charge < -0.3 is 80.7 Å². The zero-order valence-electron chi connectivity index (χ0n) is 42.9. The van der Waals surface area contributed by atoms with E-state index in [-0.39, 0.29) is 107 Å². The van der Waals surface area contributed by atoms with E-state index in [2.05, 4.69) is 0 Å². The molecule has 0 saturated carbocycles. The smallest absolute Gasteiger partial charge is 0.202 e. The van der Waals surface area contributed by atoms with Crippen molar-refractivity contribution in [1.82, 2.24) is 0 Å². The maximum absolute atomic E-state index is 13.6. The number of hydrogen-bond donors (Lipinski definition) is 10. The number of phenols is 4. The minimum Gasteiger partial charge on any atom is -0.507 e. The second kappa shape index (κ2) is 21.8. The highest BCUT2D eigenvalue weighted by molar-refractivity contribution is 6.32. The summed E-state index contributed by atoms with van der Waals surface area (Å²) in [5, 5.41) is 88.2. The number of nitrogens with two attached hydrogens (primary N) is 2. The predicted molar refractivity (Wildman–Crippen MR) is 275 cm³/mol. The molecule has 24 heteroatoms. The number of carbonyl (C=O) groups is 6. The first kappa shape index (κ1) is 59.5. The van der Waals surface area contributed by atoms with Gasteiger partial charge >= 0.3 is 0 Å². The van der Waals surface area contributed by atoms with Crippen molar-refractivity contribution in [2.75, 3.05) is 14.2 Å². The number of phenolic OH excluding ortho intramolecular Hbond substituents is 4. The van der Waals surface area contributed by atoms with E-state index in [4.69, 9.17) is 39.9 Å². The number of benzene rings is 4. The minimum atomic E-state index is -2.00. The number of ketones is 6. The molecule has 22 nitrogen and oxygen atoms in total. The first-order chi connectivity index (χ1) is 35.8. The highest BCUT2D eigenvalue weighted by Gasteiger charge is 2.52. The Morgan fingerprint density at radius 3 is 1.21 bits per heavy atom. The van der Waals surface area contributed by atoms with Crippen molar-refractivity contribution in [2.45, 2.75) is 139 Å². The van der Waals surface area contributed by atoms with Crippen LogP contribution in [0.1, 0.15) is 152 Å². The fourth-order valence-corrected chi connectivity index (χ4v) is 11.3. The molecular formula is C54H60Cl2N2O20. The Balaban J connectivity index is 0.000000220. The monoisotopic (exact) mass is 1130 g/mol. The Labute approximate surface area is 458 Å². The molecule has 420 valence electrons. The quantitative estimate of drug-likeness (QED) is 0.0979. The lowest BCUT2D eigenvalue weighted by Crippen LogP contribution is -2.52. The molecule has 6 aliphatic rings. The molecule has 2 fully saturated rings. The van der Waals surface area contributed by atoms with Crippen molar-refractivity contribution in [1.29, 1.82) is 0 Å². The Hall–Kier alpha value is -6.12. The fraction of sp³-hybridized carbons (Fsp3) is 0.444. The number of aliphatic hydroxyl groups excluding tert-OH is 2. The zero-order chi connectivity index (χ0) is 55.4. The topological polar surface area (TPSA) is 372 Å². The molecule has 0 bridgehead atoms. The lowest BCUT2D eigenvalue weighted by atomic mass is 9.72. The van der Waals surface area contributed by atoms with E-state index in [0.29, 0.717) is 0 Å². The molecular weight excluding hydrogens is 1070 g/mol. The summed E-state index contributed by atoms with van der Waals surface area (Å²) in [6, 6.07) is 7.50. The molecule has 0 aromatic heterocycles. The summed E-state index contributed by atoms with van der Waals surface area (Å²) in [6.45, 7) is 5.57. The second-order valence-corrected chi connectivity index (χ2v) is 20.3. The van der Waals surface area contributed by atoms with Gasteiger partial charge in [0.2, 0.25) is 11.6 Å². The van der Waals surface area contributed by atoms with Crippen LogP contribution in [0.15, 0.2) is 36.4 Å². The first-order valence-electron chi connectivity index (χ1n) is 24.5. The second-order valence-electron chi connectivity index (χ2n) is 20.3. The van der Waals surface area contributed by atoms with E-state index in [1.54, 1.807) is 13.8 Å². The summed E-state index contributed by atoms with van der Waals surface area (Å²) < 4.78 is 34.1. The summed E-state index contributed by atoms with van der Waals surface area (Å²) in [7, 11) is 2.68. The maximum atomic E-state index is 13.6. The molecule has 10 rings (SSSR count). The van der Waals surface area contributed by atoms with Gasteiger partial charge in [-0.1, -0.05) is 24.3 Å². The van der Waals surface area contributed by atoms with Crippen LogP contribution in [-0.4, -0.2) is 150 Å². The number of aromatic hydroxyl groups is 4.